The van der Waals surface area contributed by atoms with Gasteiger partial charge in [-0.3, -0.25) is 4.90 Å². The molecule has 0 fully saturated rings. The molecule has 0 N–H and O–H groups in total. The summed E-state index contributed by atoms with van der Waals surface area (Å²) in [7, 11) is 0. The number of aryl methyl sites for hydroxylation is 1. The third kappa shape index (κ3) is 4.23. The van der Waals surface area contributed by atoms with Gasteiger partial charge in [0.2, 0.25) is 0 Å². The van der Waals surface area contributed by atoms with E-state index in [1.807, 2.05) is 0 Å². The topological polar surface area (TPSA) is 3.24 Å². The molecule has 0 saturated heterocycles. The molecule has 0 aliphatic rings. The Labute approximate surface area is 98.0 Å². The van der Waals surface area contributed by atoms with Crippen molar-refractivity contribution < 1.29 is 0 Å². The zero-order valence-corrected chi connectivity index (χ0v) is 10.6. The molecular weight excluding hydrogens is 206 g/mol. The molecule has 0 unspecified atom stereocenters. The number of nitrogens with zero attached hydrogens (tertiary/aromatic N) is 1. The van der Waals surface area contributed by atoms with Gasteiger partial charge in [0, 0.05) is 25.0 Å². The molecule has 0 aliphatic carbocycles. The molecule has 0 heterocycles. The van der Waals surface area contributed by atoms with E-state index in [0.717, 1.165) is 13.1 Å². The molecule has 84 valence electrons. The third-order valence-electron chi connectivity index (χ3n) is 2.61. The van der Waals surface area contributed by atoms with Gasteiger partial charge in [-0.15, -0.1) is 11.6 Å². The van der Waals surface area contributed by atoms with Crippen molar-refractivity contribution in [1.82, 2.24) is 4.90 Å². The zero-order valence-electron chi connectivity index (χ0n) is 9.83. The van der Waals surface area contributed by atoms with Crippen LogP contribution in [0.15, 0.2) is 24.3 Å². The maximum atomic E-state index is 5.79. The molecule has 1 aromatic rings. The number of benzene rings is 1. The van der Waals surface area contributed by atoms with Crippen LogP contribution in [0.4, 0.5) is 0 Å². The number of hydrogen-bond donors (Lipinski definition) is 0. The van der Waals surface area contributed by atoms with E-state index >= 15 is 0 Å². The fourth-order valence-corrected chi connectivity index (χ4v) is 1.77. The number of alkyl halides is 1. The Morgan fingerprint density at radius 2 is 1.80 bits per heavy atom. The van der Waals surface area contributed by atoms with Gasteiger partial charge in [0.15, 0.2) is 0 Å². The zero-order chi connectivity index (χ0) is 11.3. The second-order valence-electron chi connectivity index (χ2n) is 4.24. The molecule has 1 nitrogen and oxygen atoms in total. The lowest BCUT2D eigenvalue weighted by Gasteiger charge is -2.25. The van der Waals surface area contributed by atoms with Gasteiger partial charge >= 0.3 is 0 Å². The Morgan fingerprint density at radius 3 is 2.27 bits per heavy atom. The Balaban J connectivity index is 2.61. The van der Waals surface area contributed by atoms with Crippen molar-refractivity contribution in [3.8, 4) is 0 Å². The highest BCUT2D eigenvalue weighted by molar-refractivity contribution is 6.18. The molecule has 0 atom stereocenters. The van der Waals surface area contributed by atoms with E-state index in [0.29, 0.717) is 11.9 Å². The highest BCUT2D eigenvalue weighted by atomic mass is 35.5. The van der Waals surface area contributed by atoms with Gasteiger partial charge < -0.3 is 0 Å². The van der Waals surface area contributed by atoms with Crippen LogP contribution in [0.5, 0.6) is 0 Å². The largest absolute Gasteiger partial charge is 0.296 e. The third-order valence-corrected chi connectivity index (χ3v) is 2.78. The van der Waals surface area contributed by atoms with Crippen LogP contribution in [-0.4, -0.2) is 23.4 Å². The van der Waals surface area contributed by atoms with Gasteiger partial charge in [-0.1, -0.05) is 29.8 Å². The Bertz CT molecular complexity index is 279. The molecular formula is C13H20ClN. The van der Waals surface area contributed by atoms with E-state index in [9.17, 15) is 0 Å². The molecule has 2 heteroatoms. The molecule has 1 aromatic carbocycles. The summed E-state index contributed by atoms with van der Waals surface area (Å²) in [5.74, 6) is 0.698. The van der Waals surface area contributed by atoms with Crippen LogP contribution in [0.3, 0.4) is 0 Å². The van der Waals surface area contributed by atoms with Crippen LogP contribution < -0.4 is 0 Å². The molecule has 0 bridgehead atoms. The first-order chi connectivity index (χ1) is 7.13. The minimum Gasteiger partial charge on any atom is -0.296 e. The summed E-state index contributed by atoms with van der Waals surface area (Å²) < 4.78 is 0. The van der Waals surface area contributed by atoms with E-state index in [2.05, 4.69) is 49.9 Å². The first-order valence-electron chi connectivity index (χ1n) is 5.49. The summed E-state index contributed by atoms with van der Waals surface area (Å²) in [5.41, 5.74) is 2.67. The molecule has 1 rings (SSSR count). The first-order valence-corrected chi connectivity index (χ1v) is 6.02. The minimum absolute atomic E-state index is 0.546. The summed E-state index contributed by atoms with van der Waals surface area (Å²) in [6.45, 7) is 8.47. The van der Waals surface area contributed by atoms with Gasteiger partial charge in [-0.2, -0.15) is 0 Å². The van der Waals surface area contributed by atoms with Crippen molar-refractivity contribution in [3.05, 3.63) is 35.4 Å². The summed E-state index contributed by atoms with van der Waals surface area (Å²) in [6, 6.07) is 9.26. The van der Waals surface area contributed by atoms with Gasteiger partial charge in [-0.05, 0) is 26.3 Å². The van der Waals surface area contributed by atoms with Crippen molar-refractivity contribution in [3.63, 3.8) is 0 Å². The average Bonchev–Trinajstić information content (AvgIpc) is 2.20. The van der Waals surface area contributed by atoms with Crippen LogP contribution in [-0.2, 0) is 6.54 Å². The fourth-order valence-electron chi connectivity index (χ4n) is 1.56. The van der Waals surface area contributed by atoms with Gasteiger partial charge in [-0.25, -0.2) is 0 Å². The van der Waals surface area contributed by atoms with Crippen molar-refractivity contribution in [2.75, 3.05) is 12.4 Å². The van der Waals surface area contributed by atoms with Crippen molar-refractivity contribution >= 4 is 11.6 Å². The second kappa shape index (κ2) is 6.14. The lowest BCUT2D eigenvalue weighted by molar-refractivity contribution is 0.226. The number of halogens is 1. The Kier molecular flexibility index (Phi) is 5.13. The van der Waals surface area contributed by atoms with E-state index in [-0.39, 0.29) is 0 Å². The molecule has 0 amide bonds. The summed E-state index contributed by atoms with van der Waals surface area (Å²) in [6.07, 6.45) is 0. The van der Waals surface area contributed by atoms with Crippen LogP contribution in [0.25, 0.3) is 0 Å². The van der Waals surface area contributed by atoms with Gasteiger partial charge in [0.25, 0.3) is 0 Å². The summed E-state index contributed by atoms with van der Waals surface area (Å²) in [4.78, 5) is 2.39. The fraction of sp³-hybridized carbons (Fsp3) is 0.538. The van der Waals surface area contributed by atoms with Crippen LogP contribution in [0.2, 0.25) is 0 Å². The predicted octanol–water partition coefficient (Wildman–Crippen LogP) is 3.44. The molecule has 0 saturated carbocycles. The minimum atomic E-state index is 0.546. The predicted molar refractivity (Wildman–Crippen MR) is 67.4 cm³/mol. The normalized spacial score (nSPS) is 11.3. The first kappa shape index (κ1) is 12.5. The van der Waals surface area contributed by atoms with Crippen LogP contribution >= 0.6 is 11.6 Å². The molecule has 0 aromatic heterocycles. The highest BCUT2D eigenvalue weighted by Crippen LogP contribution is 2.09. The molecule has 0 spiro atoms. The lowest BCUT2D eigenvalue weighted by Crippen LogP contribution is -2.32. The van der Waals surface area contributed by atoms with E-state index in [1.165, 1.54) is 11.1 Å². The highest BCUT2D eigenvalue weighted by Gasteiger charge is 2.08. The smallest absolute Gasteiger partial charge is 0.0351 e. The summed E-state index contributed by atoms with van der Waals surface area (Å²) in [5, 5.41) is 0. The number of hydrogen-bond acceptors (Lipinski definition) is 1. The quantitative estimate of drug-likeness (QED) is 0.694. The Morgan fingerprint density at radius 1 is 1.20 bits per heavy atom. The van der Waals surface area contributed by atoms with E-state index < -0.39 is 0 Å². The van der Waals surface area contributed by atoms with Crippen molar-refractivity contribution in [1.29, 1.82) is 0 Å². The maximum absolute atomic E-state index is 5.79. The van der Waals surface area contributed by atoms with Crippen LogP contribution in [0, 0.1) is 6.92 Å². The number of rotatable bonds is 5. The van der Waals surface area contributed by atoms with E-state index in [1.54, 1.807) is 0 Å². The standard InChI is InChI=1S/C13H20ClN/c1-11(2)15(9-8-14)10-13-6-4-12(3)5-7-13/h4-7,11H,8-10H2,1-3H3. The maximum Gasteiger partial charge on any atom is 0.0351 e. The molecule has 0 radical (unpaired) electrons. The van der Waals surface area contributed by atoms with Gasteiger partial charge in [0.05, 0.1) is 0 Å². The van der Waals surface area contributed by atoms with Crippen LogP contribution in [0.1, 0.15) is 25.0 Å². The van der Waals surface area contributed by atoms with Gasteiger partial charge in [0.1, 0.15) is 0 Å². The second-order valence-corrected chi connectivity index (χ2v) is 4.62. The Hall–Kier alpha value is -0.530. The average molecular weight is 226 g/mol. The monoisotopic (exact) mass is 225 g/mol. The lowest BCUT2D eigenvalue weighted by atomic mass is 10.1. The summed E-state index contributed by atoms with van der Waals surface area (Å²) >= 11 is 5.79. The molecule has 0 aliphatic heterocycles. The van der Waals surface area contributed by atoms with E-state index in [4.69, 9.17) is 11.6 Å². The molecule has 15 heavy (non-hydrogen) atoms. The SMILES string of the molecule is Cc1ccc(CN(CCCl)C(C)C)cc1. The van der Waals surface area contributed by atoms with Crippen molar-refractivity contribution in [2.24, 2.45) is 0 Å². The van der Waals surface area contributed by atoms with Crippen molar-refractivity contribution in [2.45, 2.75) is 33.4 Å².